The van der Waals surface area contributed by atoms with E-state index >= 15 is 0 Å². The second kappa shape index (κ2) is 6.75. The molecule has 0 aliphatic carbocycles. The van der Waals surface area contributed by atoms with E-state index in [4.69, 9.17) is 5.73 Å². The standard InChI is InChI=1S/C15H34N2/c1-8-14(4,5)9-11-17(12-10-16)15(6,7)13(2)3/h13H,8-12,16H2,1-7H3. The molecule has 0 aromatic rings. The Kier molecular flexibility index (Phi) is 6.71. The highest BCUT2D eigenvalue weighted by atomic mass is 15.2. The molecule has 0 saturated carbocycles. The minimum absolute atomic E-state index is 0.239. The van der Waals surface area contributed by atoms with Crippen LogP contribution in [0.5, 0.6) is 0 Å². The van der Waals surface area contributed by atoms with Crippen molar-refractivity contribution in [2.75, 3.05) is 19.6 Å². The van der Waals surface area contributed by atoms with Gasteiger partial charge in [-0.05, 0) is 38.1 Å². The van der Waals surface area contributed by atoms with E-state index in [2.05, 4.69) is 53.4 Å². The van der Waals surface area contributed by atoms with Crippen molar-refractivity contribution in [2.24, 2.45) is 17.1 Å². The molecule has 0 amide bonds. The van der Waals surface area contributed by atoms with Gasteiger partial charge in [-0.3, -0.25) is 4.90 Å². The van der Waals surface area contributed by atoms with Crippen molar-refractivity contribution in [3.8, 4) is 0 Å². The molecule has 0 rings (SSSR count). The molecule has 2 nitrogen and oxygen atoms in total. The van der Waals surface area contributed by atoms with Crippen LogP contribution in [0.25, 0.3) is 0 Å². The lowest BCUT2D eigenvalue weighted by Crippen LogP contribution is -2.50. The van der Waals surface area contributed by atoms with Crippen LogP contribution >= 0.6 is 0 Å². The largest absolute Gasteiger partial charge is 0.329 e. The van der Waals surface area contributed by atoms with E-state index in [1.165, 1.54) is 12.8 Å². The topological polar surface area (TPSA) is 29.3 Å². The molecular weight excluding hydrogens is 208 g/mol. The second-order valence-corrected chi connectivity index (χ2v) is 6.85. The van der Waals surface area contributed by atoms with Crippen LogP contribution in [0.3, 0.4) is 0 Å². The second-order valence-electron chi connectivity index (χ2n) is 6.85. The van der Waals surface area contributed by atoms with Gasteiger partial charge in [-0.1, -0.05) is 41.0 Å². The molecule has 2 N–H and O–H groups in total. The SMILES string of the molecule is CCC(C)(C)CCN(CCN)C(C)(C)C(C)C. The highest BCUT2D eigenvalue weighted by Gasteiger charge is 2.30. The van der Waals surface area contributed by atoms with Crippen LogP contribution in [0, 0.1) is 11.3 Å². The quantitative estimate of drug-likeness (QED) is 0.706. The van der Waals surface area contributed by atoms with E-state index in [1.807, 2.05) is 0 Å². The summed E-state index contributed by atoms with van der Waals surface area (Å²) in [6.07, 6.45) is 2.49. The van der Waals surface area contributed by atoms with E-state index in [9.17, 15) is 0 Å². The summed E-state index contributed by atoms with van der Waals surface area (Å²) in [6.45, 7) is 19.2. The van der Waals surface area contributed by atoms with Gasteiger partial charge in [0.1, 0.15) is 0 Å². The van der Waals surface area contributed by atoms with Crippen molar-refractivity contribution in [1.29, 1.82) is 0 Å². The maximum absolute atomic E-state index is 5.76. The molecular formula is C15H34N2. The molecule has 0 bridgehead atoms. The predicted octanol–water partition coefficient (Wildman–Crippen LogP) is 3.51. The van der Waals surface area contributed by atoms with Crippen LogP contribution < -0.4 is 5.73 Å². The molecule has 0 spiro atoms. The lowest BCUT2D eigenvalue weighted by molar-refractivity contribution is 0.0658. The lowest BCUT2D eigenvalue weighted by Gasteiger charge is -2.43. The van der Waals surface area contributed by atoms with Crippen molar-refractivity contribution >= 4 is 0 Å². The van der Waals surface area contributed by atoms with Crippen molar-refractivity contribution in [1.82, 2.24) is 4.90 Å². The van der Waals surface area contributed by atoms with E-state index in [0.29, 0.717) is 11.3 Å². The number of hydrogen-bond acceptors (Lipinski definition) is 2. The Hall–Kier alpha value is -0.0800. The Bertz CT molecular complexity index is 207. The third-order valence-electron chi connectivity index (χ3n) is 4.64. The summed E-state index contributed by atoms with van der Waals surface area (Å²) in [7, 11) is 0. The Morgan fingerprint density at radius 2 is 1.59 bits per heavy atom. The number of nitrogens with two attached hydrogens (primary N) is 1. The summed E-state index contributed by atoms with van der Waals surface area (Å²) in [5.74, 6) is 0.652. The molecule has 0 aliphatic heterocycles. The Labute approximate surface area is 109 Å². The average molecular weight is 242 g/mol. The fourth-order valence-corrected chi connectivity index (χ4v) is 1.82. The molecule has 17 heavy (non-hydrogen) atoms. The van der Waals surface area contributed by atoms with Crippen LogP contribution in [-0.4, -0.2) is 30.1 Å². The lowest BCUT2D eigenvalue weighted by atomic mass is 9.84. The number of nitrogens with zero attached hydrogens (tertiary/aromatic N) is 1. The molecule has 0 unspecified atom stereocenters. The number of hydrogen-bond donors (Lipinski definition) is 1. The van der Waals surface area contributed by atoms with Gasteiger partial charge in [-0.25, -0.2) is 0 Å². The van der Waals surface area contributed by atoms with Gasteiger partial charge in [-0.15, -0.1) is 0 Å². The molecule has 0 atom stereocenters. The van der Waals surface area contributed by atoms with E-state index in [0.717, 1.165) is 19.6 Å². The molecule has 0 aliphatic rings. The van der Waals surface area contributed by atoms with Crippen LogP contribution in [0.15, 0.2) is 0 Å². The van der Waals surface area contributed by atoms with Crippen molar-refractivity contribution in [2.45, 2.75) is 66.8 Å². The van der Waals surface area contributed by atoms with Crippen LogP contribution in [0.1, 0.15) is 61.3 Å². The average Bonchev–Trinajstić information content (AvgIpc) is 2.23. The van der Waals surface area contributed by atoms with Gasteiger partial charge in [-0.2, -0.15) is 0 Å². The summed E-state index contributed by atoms with van der Waals surface area (Å²) >= 11 is 0. The molecule has 0 fully saturated rings. The minimum atomic E-state index is 0.239. The first kappa shape index (κ1) is 16.9. The first-order chi connectivity index (χ1) is 7.67. The Morgan fingerprint density at radius 3 is 1.94 bits per heavy atom. The van der Waals surface area contributed by atoms with E-state index in [1.54, 1.807) is 0 Å². The fourth-order valence-electron chi connectivity index (χ4n) is 1.82. The zero-order valence-corrected chi connectivity index (χ0v) is 13.1. The van der Waals surface area contributed by atoms with Gasteiger partial charge in [0.25, 0.3) is 0 Å². The monoisotopic (exact) mass is 242 g/mol. The highest BCUT2D eigenvalue weighted by molar-refractivity contribution is 4.85. The first-order valence-corrected chi connectivity index (χ1v) is 7.12. The van der Waals surface area contributed by atoms with Gasteiger partial charge < -0.3 is 5.73 Å². The van der Waals surface area contributed by atoms with E-state index in [-0.39, 0.29) is 5.54 Å². The Morgan fingerprint density at radius 1 is 1.06 bits per heavy atom. The van der Waals surface area contributed by atoms with Crippen molar-refractivity contribution in [3.63, 3.8) is 0 Å². The third kappa shape index (κ3) is 5.39. The summed E-state index contributed by atoms with van der Waals surface area (Å²) in [4.78, 5) is 2.56. The highest BCUT2D eigenvalue weighted by Crippen LogP contribution is 2.29. The van der Waals surface area contributed by atoms with Gasteiger partial charge in [0, 0.05) is 18.6 Å². The molecule has 0 saturated heterocycles. The van der Waals surface area contributed by atoms with Gasteiger partial charge in [0.05, 0.1) is 0 Å². The maximum Gasteiger partial charge on any atom is 0.0176 e. The number of rotatable bonds is 8. The predicted molar refractivity (Wildman–Crippen MR) is 78.2 cm³/mol. The first-order valence-electron chi connectivity index (χ1n) is 7.12. The minimum Gasteiger partial charge on any atom is -0.329 e. The summed E-state index contributed by atoms with van der Waals surface area (Å²) in [5.41, 5.74) is 6.44. The summed E-state index contributed by atoms with van der Waals surface area (Å²) in [6, 6.07) is 0. The summed E-state index contributed by atoms with van der Waals surface area (Å²) < 4.78 is 0. The maximum atomic E-state index is 5.76. The zero-order valence-electron chi connectivity index (χ0n) is 13.1. The van der Waals surface area contributed by atoms with Gasteiger partial charge >= 0.3 is 0 Å². The van der Waals surface area contributed by atoms with Crippen LogP contribution in [-0.2, 0) is 0 Å². The van der Waals surface area contributed by atoms with Gasteiger partial charge in [0.15, 0.2) is 0 Å². The Balaban J connectivity index is 4.54. The van der Waals surface area contributed by atoms with Crippen LogP contribution in [0.2, 0.25) is 0 Å². The molecule has 2 heteroatoms. The third-order valence-corrected chi connectivity index (χ3v) is 4.64. The molecule has 0 heterocycles. The molecule has 104 valence electrons. The van der Waals surface area contributed by atoms with E-state index < -0.39 is 0 Å². The van der Waals surface area contributed by atoms with Crippen molar-refractivity contribution < 1.29 is 0 Å². The molecule has 0 radical (unpaired) electrons. The zero-order chi connectivity index (χ0) is 13.7. The molecule has 0 aromatic heterocycles. The normalized spacial score (nSPS) is 13.8. The summed E-state index contributed by atoms with van der Waals surface area (Å²) in [5, 5.41) is 0. The van der Waals surface area contributed by atoms with Crippen molar-refractivity contribution in [3.05, 3.63) is 0 Å². The van der Waals surface area contributed by atoms with Gasteiger partial charge in [0.2, 0.25) is 0 Å². The molecule has 0 aromatic carbocycles. The fraction of sp³-hybridized carbons (Fsp3) is 1.00. The smallest absolute Gasteiger partial charge is 0.0176 e. The van der Waals surface area contributed by atoms with Crippen LogP contribution in [0.4, 0.5) is 0 Å².